The Balaban J connectivity index is 4.48. The van der Waals surface area contributed by atoms with E-state index in [4.69, 9.17) is 5.11 Å². The first-order chi connectivity index (χ1) is 7.45. The van der Waals surface area contributed by atoms with Crippen LogP contribution < -0.4 is 5.32 Å². The van der Waals surface area contributed by atoms with Crippen molar-refractivity contribution in [1.82, 2.24) is 5.32 Å². The standard InChI is InChI=1S/C12H19NO3/c1-4-5-6-9(2)7-11(8-12(15)16)13-10(3)14/h5-6,8-9H,4,7H2,1-3H3,(H,13,14)(H,15,16)/b6-5+,11-8-/t9-/m0/s1. The number of aliphatic carboxylic acids is 1. The monoisotopic (exact) mass is 225 g/mol. The molecule has 0 heterocycles. The van der Waals surface area contributed by atoms with Gasteiger partial charge in [0.1, 0.15) is 0 Å². The first kappa shape index (κ1) is 14.4. The lowest BCUT2D eigenvalue weighted by Crippen LogP contribution is -2.21. The summed E-state index contributed by atoms with van der Waals surface area (Å²) < 4.78 is 0. The van der Waals surface area contributed by atoms with Crippen LogP contribution in [0.4, 0.5) is 0 Å². The predicted octanol–water partition coefficient (Wildman–Crippen LogP) is 2.08. The van der Waals surface area contributed by atoms with Gasteiger partial charge in [0.2, 0.25) is 5.91 Å². The van der Waals surface area contributed by atoms with Crippen LogP contribution in [-0.2, 0) is 9.59 Å². The van der Waals surface area contributed by atoms with Crippen LogP contribution in [0.1, 0.15) is 33.6 Å². The number of allylic oxidation sites excluding steroid dienone is 3. The number of amides is 1. The third kappa shape index (κ3) is 7.79. The maximum atomic E-state index is 10.9. The molecule has 0 aromatic rings. The molecule has 0 saturated heterocycles. The minimum absolute atomic E-state index is 0.206. The van der Waals surface area contributed by atoms with E-state index in [1.165, 1.54) is 6.92 Å². The Kier molecular flexibility index (Phi) is 6.92. The molecule has 0 radical (unpaired) electrons. The summed E-state index contributed by atoms with van der Waals surface area (Å²) in [6.45, 7) is 5.37. The summed E-state index contributed by atoms with van der Waals surface area (Å²) in [5, 5.41) is 11.2. The lowest BCUT2D eigenvalue weighted by Gasteiger charge is -2.10. The van der Waals surface area contributed by atoms with Crippen molar-refractivity contribution in [2.45, 2.75) is 33.6 Å². The van der Waals surface area contributed by atoms with E-state index in [-0.39, 0.29) is 11.8 Å². The van der Waals surface area contributed by atoms with E-state index in [1.54, 1.807) is 0 Å². The first-order valence-corrected chi connectivity index (χ1v) is 5.33. The molecule has 0 aromatic carbocycles. The molecule has 0 fully saturated rings. The molecule has 0 aliphatic rings. The van der Waals surface area contributed by atoms with E-state index < -0.39 is 5.97 Å². The molecule has 16 heavy (non-hydrogen) atoms. The SMILES string of the molecule is CC/C=C/[C@H](C)C/C(=C/C(=O)O)NC(C)=O. The fraction of sp³-hybridized carbons (Fsp3) is 0.500. The maximum absolute atomic E-state index is 10.9. The summed E-state index contributed by atoms with van der Waals surface area (Å²) in [6, 6.07) is 0. The molecule has 0 unspecified atom stereocenters. The van der Waals surface area contributed by atoms with Gasteiger partial charge < -0.3 is 10.4 Å². The summed E-state index contributed by atoms with van der Waals surface area (Å²) >= 11 is 0. The molecule has 4 heteroatoms. The summed E-state index contributed by atoms with van der Waals surface area (Å²) in [5.74, 6) is -1.09. The Morgan fingerprint density at radius 1 is 1.44 bits per heavy atom. The van der Waals surface area contributed by atoms with Crippen molar-refractivity contribution < 1.29 is 14.7 Å². The van der Waals surface area contributed by atoms with Crippen LogP contribution in [-0.4, -0.2) is 17.0 Å². The van der Waals surface area contributed by atoms with Gasteiger partial charge in [-0.15, -0.1) is 0 Å². The summed E-state index contributed by atoms with van der Waals surface area (Å²) in [5.41, 5.74) is 0.438. The Morgan fingerprint density at radius 2 is 2.06 bits per heavy atom. The van der Waals surface area contributed by atoms with Gasteiger partial charge in [-0.25, -0.2) is 4.79 Å². The zero-order chi connectivity index (χ0) is 12.6. The largest absolute Gasteiger partial charge is 0.478 e. The number of carbonyl (C=O) groups is 2. The van der Waals surface area contributed by atoms with Crippen molar-refractivity contribution in [3.63, 3.8) is 0 Å². The molecule has 0 aliphatic carbocycles. The third-order valence-corrected chi connectivity index (χ3v) is 1.88. The highest BCUT2D eigenvalue weighted by Gasteiger charge is 2.06. The van der Waals surface area contributed by atoms with Gasteiger partial charge in [-0.3, -0.25) is 4.79 Å². The molecule has 1 amide bonds. The average molecular weight is 225 g/mol. The Labute approximate surface area is 96.0 Å². The molecule has 2 N–H and O–H groups in total. The Hall–Kier alpha value is -1.58. The van der Waals surface area contributed by atoms with E-state index in [2.05, 4.69) is 5.32 Å². The molecule has 0 rings (SSSR count). The summed E-state index contributed by atoms with van der Waals surface area (Å²) in [6.07, 6.45) is 6.54. The van der Waals surface area contributed by atoms with E-state index in [0.29, 0.717) is 12.1 Å². The van der Waals surface area contributed by atoms with Crippen LogP contribution >= 0.6 is 0 Å². The molecule has 1 atom stereocenters. The Morgan fingerprint density at radius 3 is 2.50 bits per heavy atom. The van der Waals surface area contributed by atoms with Crippen LogP contribution in [0.3, 0.4) is 0 Å². The number of hydrogen-bond donors (Lipinski definition) is 2. The molecule has 90 valence electrons. The van der Waals surface area contributed by atoms with Crippen molar-refractivity contribution in [1.29, 1.82) is 0 Å². The quantitative estimate of drug-likeness (QED) is 0.537. The average Bonchev–Trinajstić information content (AvgIpc) is 2.12. The first-order valence-electron chi connectivity index (χ1n) is 5.33. The smallest absolute Gasteiger partial charge is 0.330 e. The van der Waals surface area contributed by atoms with Crippen molar-refractivity contribution in [3.05, 3.63) is 23.9 Å². The highest BCUT2D eigenvalue weighted by atomic mass is 16.4. The minimum atomic E-state index is -1.05. The Bertz CT molecular complexity index is 305. The molecular formula is C12H19NO3. The number of carboxylic acids is 1. The van der Waals surface area contributed by atoms with Gasteiger partial charge in [0.15, 0.2) is 0 Å². The number of rotatable bonds is 6. The lowest BCUT2D eigenvalue weighted by atomic mass is 10.0. The van der Waals surface area contributed by atoms with E-state index >= 15 is 0 Å². The lowest BCUT2D eigenvalue weighted by molar-refractivity contribution is -0.131. The molecular weight excluding hydrogens is 206 g/mol. The van der Waals surface area contributed by atoms with Crippen LogP contribution in [0.25, 0.3) is 0 Å². The van der Waals surface area contributed by atoms with Gasteiger partial charge in [0.25, 0.3) is 0 Å². The number of carboxylic acid groups (broad SMARTS) is 1. The summed E-state index contributed by atoms with van der Waals surface area (Å²) in [4.78, 5) is 21.4. The molecule has 0 spiro atoms. The van der Waals surface area contributed by atoms with E-state index in [0.717, 1.165) is 12.5 Å². The van der Waals surface area contributed by atoms with Gasteiger partial charge in [-0.2, -0.15) is 0 Å². The number of hydrogen-bond acceptors (Lipinski definition) is 2. The van der Waals surface area contributed by atoms with E-state index in [9.17, 15) is 9.59 Å². The highest BCUT2D eigenvalue weighted by molar-refractivity contribution is 5.83. The van der Waals surface area contributed by atoms with Gasteiger partial charge in [0.05, 0.1) is 0 Å². The van der Waals surface area contributed by atoms with E-state index in [1.807, 2.05) is 26.0 Å². The minimum Gasteiger partial charge on any atom is -0.478 e. The highest BCUT2D eigenvalue weighted by Crippen LogP contribution is 2.11. The summed E-state index contributed by atoms with van der Waals surface area (Å²) in [7, 11) is 0. The zero-order valence-corrected chi connectivity index (χ0v) is 9.99. The molecule has 0 aromatic heterocycles. The number of nitrogens with one attached hydrogen (secondary N) is 1. The van der Waals surface area contributed by atoms with Crippen LogP contribution in [0.15, 0.2) is 23.9 Å². The van der Waals surface area contributed by atoms with Crippen LogP contribution in [0.2, 0.25) is 0 Å². The van der Waals surface area contributed by atoms with Gasteiger partial charge >= 0.3 is 5.97 Å². The van der Waals surface area contributed by atoms with Gasteiger partial charge in [-0.1, -0.05) is 26.0 Å². The maximum Gasteiger partial charge on any atom is 0.330 e. The van der Waals surface area contributed by atoms with Crippen molar-refractivity contribution in [2.24, 2.45) is 5.92 Å². The predicted molar refractivity (Wildman–Crippen MR) is 62.7 cm³/mol. The van der Waals surface area contributed by atoms with Crippen LogP contribution in [0.5, 0.6) is 0 Å². The second kappa shape index (κ2) is 7.68. The van der Waals surface area contributed by atoms with Crippen molar-refractivity contribution in [3.8, 4) is 0 Å². The fourth-order valence-corrected chi connectivity index (χ4v) is 1.30. The third-order valence-electron chi connectivity index (χ3n) is 1.88. The normalized spacial score (nSPS) is 13.8. The van der Waals surface area contributed by atoms with Gasteiger partial charge in [0, 0.05) is 18.7 Å². The van der Waals surface area contributed by atoms with Crippen molar-refractivity contribution >= 4 is 11.9 Å². The second-order valence-electron chi connectivity index (χ2n) is 3.71. The zero-order valence-electron chi connectivity index (χ0n) is 9.99. The van der Waals surface area contributed by atoms with Crippen LogP contribution in [0, 0.1) is 5.92 Å². The fourth-order valence-electron chi connectivity index (χ4n) is 1.30. The number of carbonyl (C=O) groups excluding carboxylic acids is 1. The topological polar surface area (TPSA) is 66.4 Å². The molecule has 0 aliphatic heterocycles. The molecule has 0 saturated carbocycles. The molecule has 0 bridgehead atoms. The molecule has 4 nitrogen and oxygen atoms in total. The second-order valence-corrected chi connectivity index (χ2v) is 3.71. The van der Waals surface area contributed by atoms with Crippen molar-refractivity contribution in [2.75, 3.05) is 0 Å². The van der Waals surface area contributed by atoms with Gasteiger partial charge in [-0.05, 0) is 18.8 Å².